The van der Waals surface area contributed by atoms with Gasteiger partial charge < -0.3 is 10.6 Å². The van der Waals surface area contributed by atoms with Crippen molar-refractivity contribution in [3.8, 4) is 10.6 Å². The zero-order chi connectivity index (χ0) is 23.9. The monoisotopic (exact) mass is 599 g/mol. The Morgan fingerprint density at radius 3 is 2.29 bits per heavy atom. The lowest BCUT2D eigenvalue weighted by atomic mass is 10.1. The van der Waals surface area contributed by atoms with E-state index in [-0.39, 0.29) is 5.91 Å². The Balaban J connectivity index is 1.48. The zero-order valence-corrected chi connectivity index (χ0v) is 21.7. The SMILES string of the molecule is O=C(Nc1ccccc1Br)N[C@@H](Cc1ccccc1)C(=O)Nc1nnc(-c2ccc(Br)cc2)s1. The Labute approximate surface area is 217 Å². The van der Waals surface area contributed by atoms with Crippen molar-refractivity contribution in [2.45, 2.75) is 12.5 Å². The number of rotatable bonds is 7. The molecule has 0 aliphatic heterocycles. The summed E-state index contributed by atoms with van der Waals surface area (Å²) in [5, 5.41) is 17.6. The fourth-order valence-electron chi connectivity index (χ4n) is 3.11. The number of hydrogen-bond donors (Lipinski definition) is 3. The molecule has 0 saturated carbocycles. The molecule has 0 saturated heterocycles. The highest BCUT2D eigenvalue weighted by atomic mass is 79.9. The van der Waals surface area contributed by atoms with Crippen molar-refractivity contribution in [2.75, 3.05) is 10.6 Å². The molecule has 3 amide bonds. The summed E-state index contributed by atoms with van der Waals surface area (Å²) >= 11 is 8.08. The van der Waals surface area contributed by atoms with E-state index in [2.05, 4.69) is 58.0 Å². The molecule has 0 bridgehead atoms. The molecule has 1 heterocycles. The number of amides is 3. The summed E-state index contributed by atoms with van der Waals surface area (Å²) in [5.74, 6) is -0.385. The third-order valence-electron chi connectivity index (χ3n) is 4.77. The number of anilines is 2. The van der Waals surface area contributed by atoms with Crippen LogP contribution >= 0.6 is 43.2 Å². The molecule has 4 aromatic rings. The molecular weight excluding hydrogens is 582 g/mol. The van der Waals surface area contributed by atoms with Crippen LogP contribution in [0.15, 0.2) is 87.8 Å². The van der Waals surface area contributed by atoms with E-state index in [0.29, 0.717) is 22.2 Å². The minimum absolute atomic E-state index is 0.314. The topological polar surface area (TPSA) is 96.0 Å². The van der Waals surface area contributed by atoms with Crippen LogP contribution in [0.3, 0.4) is 0 Å². The van der Waals surface area contributed by atoms with Gasteiger partial charge in [0.1, 0.15) is 11.0 Å². The number of nitrogens with zero attached hydrogens (tertiary/aromatic N) is 2. The van der Waals surface area contributed by atoms with Gasteiger partial charge in [0.2, 0.25) is 11.0 Å². The van der Waals surface area contributed by atoms with Crippen molar-refractivity contribution in [1.29, 1.82) is 0 Å². The summed E-state index contributed by atoms with van der Waals surface area (Å²) in [6.07, 6.45) is 0.314. The normalized spacial score (nSPS) is 11.5. The van der Waals surface area contributed by atoms with Gasteiger partial charge in [-0.2, -0.15) is 0 Å². The average molecular weight is 601 g/mol. The number of para-hydroxylation sites is 1. The Hall–Kier alpha value is -3.08. The maximum absolute atomic E-state index is 13.1. The fraction of sp³-hybridized carbons (Fsp3) is 0.0833. The number of benzene rings is 3. The number of urea groups is 1. The largest absolute Gasteiger partial charge is 0.326 e. The molecule has 4 rings (SSSR count). The quantitative estimate of drug-likeness (QED) is 0.239. The Morgan fingerprint density at radius 2 is 1.56 bits per heavy atom. The smallest absolute Gasteiger partial charge is 0.319 e. The van der Waals surface area contributed by atoms with Crippen LogP contribution in [-0.2, 0) is 11.2 Å². The van der Waals surface area contributed by atoms with E-state index in [1.807, 2.05) is 72.8 Å². The number of halogens is 2. The third-order valence-corrected chi connectivity index (χ3v) is 6.88. The second-order valence-electron chi connectivity index (χ2n) is 7.23. The highest BCUT2D eigenvalue weighted by Crippen LogP contribution is 2.27. The Bertz CT molecular complexity index is 1280. The Morgan fingerprint density at radius 1 is 0.853 bits per heavy atom. The predicted molar refractivity (Wildman–Crippen MR) is 142 cm³/mol. The lowest BCUT2D eigenvalue weighted by Crippen LogP contribution is -2.47. The minimum Gasteiger partial charge on any atom is -0.326 e. The summed E-state index contributed by atoms with van der Waals surface area (Å²) in [5.41, 5.74) is 2.41. The van der Waals surface area contributed by atoms with Crippen molar-refractivity contribution in [2.24, 2.45) is 0 Å². The van der Waals surface area contributed by atoms with E-state index in [4.69, 9.17) is 0 Å². The number of carbonyl (C=O) groups is 2. The fourth-order valence-corrected chi connectivity index (χ4v) is 4.51. The van der Waals surface area contributed by atoms with Crippen LogP contribution < -0.4 is 16.0 Å². The standard InChI is InChI=1S/C24H19Br2N5O2S/c25-17-12-10-16(11-13-17)22-30-31-24(34-22)29-21(32)20(14-15-6-2-1-3-7-15)28-23(33)27-19-9-5-4-8-18(19)26/h1-13,20H,14H2,(H2,27,28,33)(H,29,31,32)/t20-/m0/s1. The minimum atomic E-state index is -0.829. The van der Waals surface area contributed by atoms with E-state index < -0.39 is 12.1 Å². The van der Waals surface area contributed by atoms with Gasteiger partial charge in [0.25, 0.3) is 0 Å². The first kappa shape index (κ1) is 24.1. The van der Waals surface area contributed by atoms with Crippen LogP contribution in [0, 0.1) is 0 Å². The molecule has 3 N–H and O–H groups in total. The molecule has 7 nitrogen and oxygen atoms in total. The molecule has 0 radical (unpaired) electrons. The summed E-state index contributed by atoms with van der Waals surface area (Å²) in [6, 6.07) is 23.1. The molecule has 0 spiro atoms. The zero-order valence-electron chi connectivity index (χ0n) is 17.7. The van der Waals surface area contributed by atoms with Gasteiger partial charge in [-0.3, -0.25) is 10.1 Å². The maximum Gasteiger partial charge on any atom is 0.319 e. The van der Waals surface area contributed by atoms with E-state index >= 15 is 0 Å². The van der Waals surface area contributed by atoms with Gasteiger partial charge in [0.05, 0.1) is 5.69 Å². The highest BCUT2D eigenvalue weighted by molar-refractivity contribution is 9.10. The van der Waals surface area contributed by atoms with Crippen molar-refractivity contribution < 1.29 is 9.59 Å². The molecule has 0 unspecified atom stereocenters. The van der Waals surface area contributed by atoms with Crippen molar-refractivity contribution >= 4 is 66.0 Å². The molecule has 0 aliphatic rings. The van der Waals surface area contributed by atoms with E-state index in [0.717, 1.165) is 20.1 Å². The van der Waals surface area contributed by atoms with Crippen molar-refractivity contribution in [3.63, 3.8) is 0 Å². The first-order chi connectivity index (χ1) is 16.5. The van der Waals surface area contributed by atoms with Crippen LogP contribution in [0.25, 0.3) is 10.6 Å². The number of carbonyl (C=O) groups excluding carboxylic acids is 2. The molecular formula is C24H19Br2N5O2S. The first-order valence-corrected chi connectivity index (χ1v) is 12.6. The van der Waals surface area contributed by atoms with Crippen molar-refractivity contribution in [1.82, 2.24) is 15.5 Å². The number of aromatic nitrogens is 2. The second-order valence-corrected chi connectivity index (χ2v) is 9.98. The highest BCUT2D eigenvalue weighted by Gasteiger charge is 2.23. The summed E-state index contributed by atoms with van der Waals surface area (Å²) in [4.78, 5) is 25.8. The molecule has 10 heteroatoms. The number of hydrogen-bond acceptors (Lipinski definition) is 5. The van der Waals surface area contributed by atoms with Crippen LogP contribution in [0.5, 0.6) is 0 Å². The van der Waals surface area contributed by atoms with Gasteiger partial charge in [-0.05, 0) is 45.8 Å². The summed E-state index contributed by atoms with van der Waals surface area (Å²) in [7, 11) is 0. The Kier molecular flexibility index (Phi) is 8.04. The molecule has 1 aromatic heterocycles. The third kappa shape index (κ3) is 6.49. The van der Waals surface area contributed by atoms with Gasteiger partial charge >= 0.3 is 6.03 Å². The van der Waals surface area contributed by atoms with Crippen LogP contribution in [0.1, 0.15) is 5.56 Å². The molecule has 34 heavy (non-hydrogen) atoms. The second kappa shape index (κ2) is 11.4. The molecule has 0 fully saturated rings. The summed E-state index contributed by atoms with van der Waals surface area (Å²) in [6.45, 7) is 0. The van der Waals surface area contributed by atoms with E-state index in [1.165, 1.54) is 11.3 Å². The first-order valence-electron chi connectivity index (χ1n) is 10.2. The summed E-state index contributed by atoms with van der Waals surface area (Å²) < 4.78 is 1.70. The molecule has 0 aliphatic carbocycles. The van der Waals surface area contributed by atoms with Gasteiger partial charge in [0, 0.05) is 20.9 Å². The maximum atomic E-state index is 13.1. The molecule has 3 aromatic carbocycles. The van der Waals surface area contributed by atoms with Gasteiger partial charge in [-0.1, -0.05) is 81.9 Å². The van der Waals surface area contributed by atoms with Gasteiger partial charge in [0.15, 0.2) is 0 Å². The van der Waals surface area contributed by atoms with Gasteiger partial charge in [-0.15, -0.1) is 10.2 Å². The van der Waals surface area contributed by atoms with Crippen LogP contribution in [0.4, 0.5) is 15.6 Å². The molecule has 1 atom stereocenters. The van der Waals surface area contributed by atoms with Crippen LogP contribution in [0.2, 0.25) is 0 Å². The van der Waals surface area contributed by atoms with Crippen LogP contribution in [-0.4, -0.2) is 28.2 Å². The lowest BCUT2D eigenvalue weighted by molar-refractivity contribution is -0.117. The average Bonchev–Trinajstić information content (AvgIpc) is 3.29. The van der Waals surface area contributed by atoms with E-state index in [9.17, 15) is 9.59 Å². The van der Waals surface area contributed by atoms with E-state index in [1.54, 1.807) is 6.07 Å². The van der Waals surface area contributed by atoms with Crippen molar-refractivity contribution in [3.05, 3.63) is 93.4 Å². The van der Waals surface area contributed by atoms with Gasteiger partial charge in [-0.25, -0.2) is 4.79 Å². The molecule has 172 valence electrons. The number of nitrogens with one attached hydrogen (secondary N) is 3. The predicted octanol–water partition coefficient (Wildman–Crippen LogP) is 6.10. The lowest BCUT2D eigenvalue weighted by Gasteiger charge is -2.18.